The predicted octanol–water partition coefficient (Wildman–Crippen LogP) is 4.86. The Morgan fingerprint density at radius 2 is 1.96 bits per heavy atom. The van der Waals surface area contributed by atoms with E-state index in [1.54, 1.807) is 6.08 Å². The summed E-state index contributed by atoms with van der Waals surface area (Å²) in [5, 5.41) is 2.88. The highest BCUT2D eigenvalue weighted by atomic mass is 79.9. The Kier molecular flexibility index (Phi) is 5.06. The van der Waals surface area contributed by atoms with Crippen molar-refractivity contribution in [3.05, 3.63) is 69.0 Å². The summed E-state index contributed by atoms with van der Waals surface area (Å²) < 4.78 is 0.927. The number of carbonyl (C=O) groups is 2. The standard InChI is InChI=1S/C18H15BrN2O2S/c1-12-5-2-3-8-15(12)20-11-21-17(22)16(24-18(21)23)10-13-6-4-7-14(19)9-13/h2-10,20H,11H2,1H3/b16-10+. The maximum Gasteiger partial charge on any atom is 0.295 e. The first-order valence-electron chi connectivity index (χ1n) is 7.35. The van der Waals surface area contributed by atoms with E-state index in [4.69, 9.17) is 0 Å². The van der Waals surface area contributed by atoms with Crippen molar-refractivity contribution < 1.29 is 9.59 Å². The largest absolute Gasteiger partial charge is 0.367 e. The van der Waals surface area contributed by atoms with E-state index < -0.39 is 0 Å². The van der Waals surface area contributed by atoms with E-state index in [2.05, 4.69) is 21.2 Å². The van der Waals surface area contributed by atoms with Gasteiger partial charge in [-0.1, -0.05) is 46.3 Å². The van der Waals surface area contributed by atoms with Gasteiger partial charge in [0.2, 0.25) is 0 Å². The number of hydrogen-bond acceptors (Lipinski definition) is 4. The van der Waals surface area contributed by atoms with Crippen LogP contribution in [0.2, 0.25) is 0 Å². The van der Waals surface area contributed by atoms with Gasteiger partial charge in [-0.2, -0.15) is 0 Å². The number of nitrogens with zero attached hydrogens (tertiary/aromatic N) is 1. The minimum Gasteiger partial charge on any atom is -0.367 e. The number of halogens is 1. The smallest absolute Gasteiger partial charge is 0.295 e. The molecule has 1 heterocycles. The molecule has 1 aliphatic heterocycles. The Hall–Kier alpha value is -2.05. The van der Waals surface area contributed by atoms with E-state index in [0.29, 0.717) is 4.91 Å². The fraction of sp³-hybridized carbons (Fsp3) is 0.111. The third kappa shape index (κ3) is 3.71. The van der Waals surface area contributed by atoms with Crippen molar-refractivity contribution in [2.45, 2.75) is 6.92 Å². The monoisotopic (exact) mass is 402 g/mol. The Balaban J connectivity index is 1.73. The van der Waals surface area contributed by atoms with E-state index in [9.17, 15) is 9.59 Å². The number of imide groups is 1. The molecule has 24 heavy (non-hydrogen) atoms. The molecule has 0 spiro atoms. The summed E-state index contributed by atoms with van der Waals surface area (Å²) in [6, 6.07) is 15.4. The Morgan fingerprint density at radius 3 is 2.71 bits per heavy atom. The van der Waals surface area contributed by atoms with Gasteiger partial charge in [0, 0.05) is 10.2 Å². The van der Waals surface area contributed by atoms with Gasteiger partial charge in [0.15, 0.2) is 0 Å². The molecule has 2 amide bonds. The van der Waals surface area contributed by atoms with Crippen molar-refractivity contribution in [2.24, 2.45) is 0 Å². The van der Waals surface area contributed by atoms with Crippen LogP contribution in [0.1, 0.15) is 11.1 Å². The van der Waals surface area contributed by atoms with Crippen molar-refractivity contribution in [3.8, 4) is 0 Å². The highest BCUT2D eigenvalue weighted by Crippen LogP contribution is 2.32. The second-order valence-electron chi connectivity index (χ2n) is 5.31. The fourth-order valence-electron chi connectivity index (χ4n) is 2.32. The summed E-state index contributed by atoms with van der Waals surface area (Å²) in [6.45, 7) is 2.13. The molecule has 0 unspecified atom stereocenters. The molecular weight excluding hydrogens is 388 g/mol. The summed E-state index contributed by atoms with van der Waals surface area (Å²) >= 11 is 4.36. The number of rotatable bonds is 4. The Bertz CT molecular complexity index is 835. The van der Waals surface area contributed by atoms with Crippen LogP contribution in [0.25, 0.3) is 6.08 Å². The van der Waals surface area contributed by atoms with Gasteiger partial charge < -0.3 is 5.32 Å². The van der Waals surface area contributed by atoms with Crippen LogP contribution in [0, 0.1) is 6.92 Å². The predicted molar refractivity (Wildman–Crippen MR) is 102 cm³/mol. The zero-order chi connectivity index (χ0) is 17.1. The Morgan fingerprint density at radius 1 is 1.17 bits per heavy atom. The number of aryl methyl sites for hydroxylation is 1. The third-order valence-corrected chi connectivity index (χ3v) is 4.99. The molecule has 3 rings (SSSR count). The molecule has 2 aromatic rings. The highest BCUT2D eigenvalue weighted by molar-refractivity contribution is 9.10. The van der Waals surface area contributed by atoms with Crippen LogP contribution in [0.4, 0.5) is 10.5 Å². The Labute approximate surface area is 153 Å². The van der Waals surface area contributed by atoms with Crippen LogP contribution in [0.3, 0.4) is 0 Å². The molecular formula is C18H15BrN2O2S. The van der Waals surface area contributed by atoms with E-state index >= 15 is 0 Å². The van der Waals surface area contributed by atoms with E-state index in [-0.39, 0.29) is 17.8 Å². The van der Waals surface area contributed by atoms with Gasteiger partial charge in [0.05, 0.1) is 11.6 Å². The van der Waals surface area contributed by atoms with Crippen molar-refractivity contribution >= 4 is 50.6 Å². The molecule has 2 aromatic carbocycles. The highest BCUT2D eigenvalue weighted by Gasteiger charge is 2.34. The van der Waals surface area contributed by atoms with Gasteiger partial charge in [0.1, 0.15) is 0 Å². The molecule has 1 fully saturated rings. The molecule has 0 radical (unpaired) electrons. The number of hydrogen-bond donors (Lipinski definition) is 1. The van der Waals surface area contributed by atoms with Gasteiger partial charge in [0.25, 0.3) is 11.1 Å². The first-order valence-corrected chi connectivity index (χ1v) is 8.96. The average molecular weight is 403 g/mol. The van der Waals surface area contributed by atoms with Crippen LogP contribution in [-0.4, -0.2) is 22.7 Å². The minimum atomic E-state index is -0.272. The SMILES string of the molecule is Cc1ccccc1NCN1C(=O)S/C(=C/c2cccc(Br)c2)C1=O. The number of benzene rings is 2. The van der Waals surface area contributed by atoms with Crippen LogP contribution in [0.5, 0.6) is 0 Å². The van der Waals surface area contributed by atoms with Gasteiger partial charge in [-0.15, -0.1) is 0 Å². The molecule has 0 bridgehead atoms. The van der Waals surface area contributed by atoms with Crippen LogP contribution in [0.15, 0.2) is 57.9 Å². The molecule has 1 N–H and O–H groups in total. The molecule has 0 saturated carbocycles. The first-order chi connectivity index (χ1) is 11.5. The maximum atomic E-state index is 12.5. The van der Waals surface area contributed by atoms with Crippen molar-refractivity contribution in [3.63, 3.8) is 0 Å². The van der Waals surface area contributed by atoms with Gasteiger partial charge in [-0.3, -0.25) is 14.5 Å². The molecule has 0 atom stereocenters. The van der Waals surface area contributed by atoms with Gasteiger partial charge in [-0.05, 0) is 54.1 Å². The number of carbonyl (C=O) groups excluding carboxylic acids is 2. The second kappa shape index (κ2) is 7.23. The van der Waals surface area contributed by atoms with Gasteiger partial charge in [-0.25, -0.2) is 0 Å². The zero-order valence-corrected chi connectivity index (χ0v) is 15.4. The van der Waals surface area contributed by atoms with E-state index in [1.807, 2.05) is 55.5 Å². The summed E-state index contributed by atoms with van der Waals surface area (Å²) in [5.74, 6) is -0.272. The molecule has 0 aromatic heterocycles. The van der Waals surface area contributed by atoms with Crippen molar-refractivity contribution in [1.82, 2.24) is 4.90 Å². The maximum absolute atomic E-state index is 12.5. The number of anilines is 1. The van der Waals surface area contributed by atoms with Crippen LogP contribution in [-0.2, 0) is 4.79 Å². The molecule has 4 nitrogen and oxygen atoms in total. The van der Waals surface area contributed by atoms with E-state index in [1.165, 1.54) is 4.90 Å². The number of thioether (sulfide) groups is 1. The lowest BCUT2D eigenvalue weighted by atomic mass is 10.2. The van der Waals surface area contributed by atoms with Crippen LogP contribution < -0.4 is 5.32 Å². The zero-order valence-electron chi connectivity index (χ0n) is 13.0. The molecule has 6 heteroatoms. The summed E-state index contributed by atoms with van der Waals surface area (Å²) in [5.41, 5.74) is 2.85. The lowest BCUT2D eigenvalue weighted by Crippen LogP contribution is -2.33. The normalized spacial score (nSPS) is 16.1. The molecule has 1 aliphatic rings. The number of para-hydroxylation sites is 1. The lowest BCUT2D eigenvalue weighted by Gasteiger charge is -2.15. The van der Waals surface area contributed by atoms with Crippen molar-refractivity contribution in [1.29, 1.82) is 0 Å². The van der Waals surface area contributed by atoms with Crippen molar-refractivity contribution in [2.75, 3.05) is 12.0 Å². The summed E-state index contributed by atoms with van der Waals surface area (Å²) in [6.07, 6.45) is 1.74. The first kappa shape index (κ1) is 16.8. The molecule has 0 aliphatic carbocycles. The van der Waals surface area contributed by atoms with Gasteiger partial charge >= 0.3 is 0 Å². The average Bonchev–Trinajstić information content (AvgIpc) is 2.81. The second-order valence-corrected chi connectivity index (χ2v) is 7.22. The molecule has 1 saturated heterocycles. The quantitative estimate of drug-likeness (QED) is 0.741. The van der Waals surface area contributed by atoms with E-state index in [0.717, 1.165) is 33.0 Å². The third-order valence-electron chi connectivity index (χ3n) is 3.59. The summed E-state index contributed by atoms with van der Waals surface area (Å²) in [4.78, 5) is 26.3. The number of amides is 2. The molecule has 122 valence electrons. The van der Waals surface area contributed by atoms with Crippen LogP contribution >= 0.6 is 27.7 Å². The topological polar surface area (TPSA) is 49.4 Å². The number of nitrogens with one attached hydrogen (secondary N) is 1. The summed E-state index contributed by atoms with van der Waals surface area (Å²) in [7, 11) is 0. The minimum absolute atomic E-state index is 0.158. The fourth-order valence-corrected chi connectivity index (χ4v) is 3.57. The lowest BCUT2D eigenvalue weighted by molar-refractivity contribution is -0.122.